The molecular formula is C12H16N2O3. The highest BCUT2D eigenvalue weighted by Gasteiger charge is 2.06. The fraction of sp³-hybridized carbons (Fsp3) is 0.333. The number of aromatic carboxylic acids is 1. The van der Waals surface area contributed by atoms with Gasteiger partial charge in [-0.1, -0.05) is 12.1 Å². The van der Waals surface area contributed by atoms with E-state index in [4.69, 9.17) is 10.8 Å². The third kappa shape index (κ3) is 4.24. The highest BCUT2D eigenvalue weighted by Crippen LogP contribution is 2.04. The summed E-state index contributed by atoms with van der Waals surface area (Å²) in [5.41, 5.74) is 6.62. The number of carbonyl (C=O) groups excluding carboxylic acids is 1. The SMILES string of the molecule is C[C@@H](N)C(=O)NCCc1ccc(C(=O)O)cc1. The van der Waals surface area contributed by atoms with E-state index in [0.29, 0.717) is 13.0 Å². The molecule has 1 aromatic rings. The van der Waals surface area contributed by atoms with E-state index < -0.39 is 12.0 Å². The zero-order valence-electron chi connectivity index (χ0n) is 9.64. The number of rotatable bonds is 5. The van der Waals surface area contributed by atoms with Crippen molar-refractivity contribution in [1.82, 2.24) is 5.32 Å². The minimum absolute atomic E-state index is 0.188. The van der Waals surface area contributed by atoms with Gasteiger partial charge in [0.1, 0.15) is 0 Å². The smallest absolute Gasteiger partial charge is 0.335 e. The average Bonchev–Trinajstić information content (AvgIpc) is 2.29. The number of benzene rings is 1. The molecule has 5 nitrogen and oxygen atoms in total. The van der Waals surface area contributed by atoms with Crippen LogP contribution < -0.4 is 11.1 Å². The van der Waals surface area contributed by atoms with E-state index in [2.05, 4.69) is 5.32 Å². The number of nitrogens with two attached hydrogens (primary N) is 1. The van der Waals surface area contributed by atoms with Crippen LogP contribution >= 0.6 is 0 Å². The Balaban J connectivity index is 2.42. The van der Waals surface area contributed by atoms with E-state index in [1.807, 2.05) is 0 Å². The lowest BCUT2D eigenvalue weighted by Crippen LogP contribution is -2.39. The van der Waals surface area contributed by atoms with E-state index in [-0.39, 0.29) is 11.5 Å². The molecule has 1 aromatic carbocycles. The van der Waals surface area contributed by atoms with Crippen molar-refractivity contribution in [1.29, 1.82) is 0 Å². The topological polar surface area (TPSA) is 92.4 Å². The fourth-order valence-electron chi connectivity index (χ4n) is 1.31. The normalized spacial score (nSPS) is 11.9. The molecule has 0 spiro atoms. The summed E-state index contributed by atoms with van der Waals surface area (Å²) in [6.07, 6.45) is 0.651. The summed E-state index contributed by atoms with van der Waals surface area (Å²) in [7, 11) is 0. The van der Waals surface area contributed by atoms with Gasteiger partial charge in [-0.15, -0.1) is 0 Å². The Labute approximate surface area is 99.6 Å². The van der Waals surface area contributed by atoms with Crippen LogP contribution in [0.15, 0.2) is 24.3 Å². The molecule has 17 heavy (non-hydrogen) atoms. The molecule has 0 saturated heterocycles. The van der Waals surface area contributed by atoms with Crippen LogP contribution in [0.5, 0.6) is 0 Å². The zero-order valence-corrected chi connectivity index (χ0v) is 9.64. The molecular weight excluding hydrogens is 220 g/mol. The summed E-state index contributed by atoms with van der Waals surface area (Å²) in [6, 6.07) is 6.06. The fourth-order valence-corrected chi connectivity index (χ4v) is 1.31. The van der Waals surface area contributed by atoms with Gasteiger partial charge in [0, 0.05) is 6.54 Å². The molecule has 0 saturated carbocycles. The number of amides is 1. The Morgan fingerprint density at radius 3 is 2.41 bits per heavy atom. The van der Waals surface area contributed by atoms with Gasteiger partial charge in [-0.25, -0.2) is 4.79 Å². The summed E-state index contributed by atoms with van der Waals surface area (Å²) >= 11 is 0. The van der Waals surface area contributed by atoms with E-state index in [9.17, 15) is 9.59 Å². The van der Waals surface area contributed by atoms with E-state index in [1.165, 1.54) is 0 Å². The largest absolute Gasteiger partial charge is 0.478 e. The zero-order chi connectivity index (χ0) is 12.8. The first-order chi connectivity index (χ1) is 8.00. The number of hydrogen-bond acceptors (Lipinski definition) is 3. The second-order valence-corrected chi connectivity index (χ2v) is 3.83. The number of carboxylic acids is 1. The van der Waals surface area contributed by atoms with Crippen molar-refractivity contribution in [2.24, 2.45) is 5.73 Å². The maximum absolute atomic E-state index is 11.2. The van der Waals surface area contributed by atoms with Crippen LogP contribution in [0.25, 0.3) is 0 Å². The van der Waals surface area contributed by atoms with E-state index in [0.717, 1.165) is 5.56 Å². The van der Waals surface area contributed by atoms with Gasteiger partial charge in [-0.2, -0.15) is 0 Å². The quantitative estimate of drug-likeness (QED) is 0.689. The van der Waals surface area contributed by atoms with Gasteiger partial charge < -0.3 is 16.2 Å². The van der Waals surface area contributed by atoms with Crippen LogP contribution in [0.4, 0.5) is 0 Å². The minimum atomic E-state index is -0.943. The first-order valence-electron chi connectivity index (χ1n) is 5.36. The molecule has 1 atom stereocenters. The van der Waals surface area contributed by atoms with Gasteiger partial charge in [0.15, 0.2) is 0 Å². The van der Waals surface area contributed by atoms with Crippen LogP contribution in [-0.4, -0.2) is 29.6 Å². The van der Waals surface area contributed by atoms with Crippen molar-refractivity contribution < 1.29 is 14.7 Å². The van der Waals surface area contributed by atoms with Crippen molar-refractivity contribution >= 4 is 11.9 Å². The van der Waals surface area contributed by atoms with Gasteiger partial charge >= 0.3 is 5.97 Å². The molecule has 1 amide bonds. The van der Waals surface area contributed by atoms with Crippen LogP contribution in [0.2, 0.25) is 0 Å². The Morgan fingerprint density at radius 2 is 1.94 bits per heavy atom. The molecule has 92 valence electrons. The lowest BCUT2D eigenvalue weighted by molar-refractivity contribution is -0.121. The molecule has 5 heteroatoms. The first kappa shape index (κ1) is 13.2. The van der Waals surface area contributed by atoms with Gasteiger partial charge in [0.25, 0.3) is 0 Å². The highest BCUT2D eigenvalue weighted by molar-refractivity contribution is 5.87. The molecule has 0 fully saturated rings. The van der Waals surface area contributed by atoms with Crippen LogP contribution in [0, 0.1) is 0 Å². The summed E-state index contributed by atoms with van der Waals surface area (Å²) in [6.45, 7) is 2.11. The molecule has 0 aliphatic carbocycles. The summed E-state index contributed by atoms with van der Waals surface area (Å²) in [5.74, 6) is -1.13. The van der Waals surface area contributed by atoms with Crippen molar-refractivity contribution in [3.8, 4) is 0 Å². The summed E-state index contributed by atoms with van der Waals surface area (Å²) in [5, 5.41) is 11.4. The first-order valence-corrected chi connectivity index (χ1v) is 5.36. The summed E-state index contributed by atoms with van der Waals surface area (Å²) in [4.78, 5) is 21.8. The molecule has 0 aliphatic heterocycles. The van der Waals surface area contributed by atoms with Crippen molar-refractivity contribution in [3.05, 3.63) is 35.4 Å². The maximum Gasteiger partial charge on any atom is 0.335 e. The molecule has 0 bridgehead atoms. The van der Waals surface area contributed by atoms with Gasteiger partial charge in [-0.05, 0) is 31.0 Å². The second kappa shape index (κ2) is 6.00. The standard InChI is InChI=1S/C12H16N2O3/c1-8(13)11(15)14-7-6-9-2-4-10(5-3-9)12(16)17/h2-5,8H,6-7,13H2,1H3,(H,14,15)(H,16,17)/t8-/m1/s1. The second-order valence-electron chi connectivity index (χ2n) is 3.83. The molecule has 0 heterocycles. The molecule has 4 N–H and O–H groups in total. The third-order valence-electron chi connectivity index (χ3n) is 2.33. The van der Waals surface area contributed by atoms with Gasteiger partial charge in [-0.3, -0.25) is 4.79 Å². The van der Waals surface area contributed by atoms with Crippen LogP contribution in [-0.2, 0) is 11.2 Å². The Kier molecular flexibility index (Phi) is 4.66. The minimum Gasteiger partial charge on any atom is -0.478 e. The molecule has 0 aliphatic rings. The Morgan fingerprint density at radius 1 is 1.35 bits per heavy atom. The van der Waals surface area contributed by atoms with Crippen molar-refractivity contribution in [2.45, 2.75) is 19.4 Å². The monoisotopic (exact) mass is 236 g/mol. The van der Waals surface area contributed by atoms with Gasteiger partial charge in [0.2, 0.25) is 5.91 Å². The highest BCUT2D eigenvalue weighted by atomic mass is 16.4. The Hall–Kier alpha value is -1.88. The number of carboxylic acid groups (broad SMARTS) is 1. The van der Waals surface area contributed by atoms with Crippen LogP contribution in [0.1, 0.15) is 22.8 Å². The lowest BCUT2D eigenvalue weighted by Gasteiger charge is -2.07. The molecule has 1 rings (SSSR count). The van der Waals surface area contributed by atoms with Crippen molar-refractivity contribution in [2.75, 3.05) is 6.54 Å². The van der Waals surface area contributed by atoms with E-state index in [1.54, 1.807) is 31.2 Å². The summed E-state index contributed by atoms with van der Waals surface area (Å²) < 4.78 is 0. The van der Waals surface area contributed by atoms with Crippen LogP contribution in [0.3, 0.4) is 0 Å². The number of hydrogen-bond donors (Lipinski definition) is 3. The average molecular weight is 236 g/mol. The number of nitrogens with one attached hydrogen (secondary N) is 1. The lowest BCUT2D eigenvalue weighted by atomic mass is 10.1. The van der Waals surface area contributed by atoms with E-state index >= 15 is 0 Å². The number of carbonyl (C=O) groups is 2. The maximum atomic E-state index is 11.2. The molecule has 0 radical (unpaired) electrons. The predicted molar refractivity (Wildman–Crippen MR) is 63.8 cm³/mol. The Bertz CT molecular complexity index is 399. The molecule has 0 aromatic heterocycles. The molecule has 0 unspecified atom stereocenters. The predicted octanol–water partition coefficient (Wildman–Crippen LogP) is 0.391. The van der Waals surface area contributed by atoms with Crippen molar-refractivity contribution in [3.63, 3.8) is 0 Å². The third-order valence-corrected chi connectivity index (χ3v) is 2.33. The van der Waals surface area contributed by atoms with Gasteiger partial charge in [0.05, 0.1) is 11.6 Å².